The highest BCUT2D eigenvalue weighted by Gasteiger charge is 2.10. The highest BCUT2D eigenvalue weighted by atomic mass is 15.4. The maximum Gasteiger partial charge on any atom is 0.221 e. The van der Waals surface area contributed by atoms with E-state index >= 15 is 0 Å². The second-order valence-corrected chi connectivity index (χ2v) is 6.77. The molecule has 0 aliphatic rings. The molecule has 0 bridgehead atoms. The summed E-state index contributed by atoms with van der Waals surface area (Å²) in [5.74, 6) is 0. The summed E-state index contributed by atoms with van der Waals surface area (Å²) in [7, 11) is 0. The van der Waals surface area contributed by atoms with Gasteiger partial charge in [0.15, 0.2) is 5.65 Å². The first kappa shape index (κ1) is 16.4. The molecule has 0 saturated heterocycles. The highest BCUT2D eigenvalue weighted by molar-refractivity contribution is 5.79. The van der Waals surface area contributed by atoms with Gasteiger partial charge in [-0.1, -0.05) is 23.4 Å². The summed E-state index contributed by atoms with van der Waals surface area (Å²) in [4.78, 5) is 17.9. The maximum absolute atomic E-state index is 4.75. The van der Waals surface area contributed by atoms with Crippen molar-refractivity contribution in [2.75, 3.05) is 0 Å². The Balaban J connectivity index is 1.46. The number of aromatic nitrogens is 7. The zero-order valence-electron chi connectivity index (χ0n) is 15.3. The molecule has 5 aromatic rings. The van der Waals surface area contributed by atoms with E-state index in [2.05, 4.69) is 49.5 Å². The fourth-order valence-electron chi connectivity index (χ4n) is 3.19. The van der Waals surface area contributed by atoms with Crippen molar-refractivity contribution in [3.05, 3.63) is 83.6 Å². The van der Waals surface area contributed by atoms with Gasteiger partial charge in [-0.2, -0.15) is 0 Å². The highest BCUT2D eigenvalue weighted by Crippen LogP contribution is 2.16. The van der Waals surface area contributed by atoms with Crippen molar-refractivity contribution in [2.24, 2.45) is 0 Å². The van der Waals surface area contributed by atoms with Crippen LogP contribution in [0, 0.1) is 6.92 Å². The van der Waals surface area contributed by atoms with Crippen molar-refractivity contribution in [3.8, 4) is 0 Å². The summed E-state index contributed by atoms with van der Waals surface area (Å²) in [6.45, 7) is 2.55. The first-order valence-corrected chi connectivity index (χ1v) is 9.05. The van der Waals surface area contributed by atoms with E-state index in [1.165, 1.54) is 0 Å². The molecule has 0 aliphatic heterocycles. The molecule has 0 N–H and O–H groups in total. The van der Waals surface area contributed by atoms with Crippen molar-refractivity contribution in [2.45, 2.75) is 19.9 Å². The number of hydrogen-bond donors (Lipinski definition) is 0. The molecule has 0 saturated carbocycles. The molecule has 1 aromatic carbocycles. The van der Waals surface area contributed by atoms with E-state index in [1.54, 1.807) is 17.1 Å². The van der Waals surface area contributed by atoms with Crippen LogP contribution in [0.5, 0.6) is 0 Å². The molecule has 136 valence electrons. The normalized spacial score (nSPS) is 11.3. The number of rotatable bonds is 4. The van der Waals surface area contributed by atoms with E-state index in [1.807, 2.05) is 31.3 Å². The van der Waals surface area contributed by atoms with Gasteiger partial charge in [-0.3, -0.25) is 9.97 Å². The van der Waals surface area contributed by atoms with E-state index in [9.17, 15) is 0 Å². The Morgan fingerprint density at radius 1 is 0.929 bits per heavy atom. The van der Waals surface area contributed by atoms with Crippen LogP contribution in [0.2, 0.25) is 0 Å². The summed E-state index contributed by atoms with van der Waals surface area (Å²) in [5.41, 5.74) is 6.28. The van der Waals surface area contributed by atoms with Gasteiger partial charge in [0.05, 0.1) is 24.0 Å². The lowest BCUT2D eigenvalue weighted by molar-refractivity contribution is 0.663. The van der Waals surface area contributed by atoms with Crippen LogP contribution in [-0.2, 0) is 13.0 Å². The molecule has 0 spiro atoms. The molecule has 0 radical (unpaired) electrons. The van der Waals surface area contributed by atoms with E-state index < -0.39 is 0 Å². The number of nitrogens with zero attached hydrogens (tertiary/aromatic N) is 7. The lowest BCUT2D eigenvalue weighted by Gasteiger charge is -2.05. The fourth-order valence-corrected chi connectivity index (χ4v) is 3.19. The first-order valence-electron chi connectivity index (χ1n) is 9.05. The van der Waals surface area contributed by atoms with Crippen LogP contribution < -0.4 is 0 Å². The standard InChI is InChI=1S/C21H17N7/c1-14-4-5-15(11-23-14)10-18-12-24-20-21(25-18)28(27-26-20)13-16-6-7-19-17(9-16)3-2-8-22-19/h2-9,11-12H,10,13H2,1H3. The van der Waals surface area contributed by atoms with Crippen LogP contribution >= 0.6 is 0 Å². The third-order valence-corrected chi connectivity index (χ3v) is 4.63. The lowest BCUT2D eigenvalue weighted by Crippen LogP contribution is -2.04. The number of hydrogen-bond acceptors (Lipinski definition) is 6. The summed E-state index contributed by atoms with van der Waals surface area (Å²) < 4.78 is 1.79. The SMILES string of the molecule is Cc1ccc(Cc2cnc3nnn(Cc4ccc5ncccc5c4)c3n2)cn1. The molecule has 4 heterocycles. The molecule has 0 fully saturated rings. The molecular formula is C21H17N7. The largest absolute Gasteiger partial charge is 0.261 e. The summed E-state index contributed by atoms with van der Waals surface area (Å²) >= 11 is 0. The van der Waals surface area contributed by atoms with Gasteiger partial charge in [0.2, 0.25) is 5.65 Å². The predicted octanol–water partition coefficient (Wildman–Crippen LogP) is 3.11. The molecule has 0 aliphatic carbocycles. The average Bonchev–Trinajstić information content (AvgIpc) is 3.12. The number of pyridine rings is 2. The minimum Gasteiger partial charge on any atom is -0.261 e. The molecule has 4 aromatic heterocycles. The van der Waals surface area contributed by atoms with Crippen molar-refractivity contribution >= 4 is 22.2 Å². The van der Waals surface area contributed by atoms with Crippen LogP contribution in [0.25, 0.3) is 22.2 Å². The molecule has 7 heteroatoms. The van der Waals surface area contributed by atoms with Gasteiger partial charge in [-0.15, -0.1) is 5.10 Å². The Labute approximate surface area is 161 Å². The molecule has 0 atom stereocenters. The van der Waals surface area contributed by atoms with Crippen LogP contribution in [0.15, 0.2) is 61.1 Å². The van der Waals surface area contributed by atoms with Gasteiger partial charge in [0.25, 0.3) is 0 Å². The van der Waals surface area contributed by atoms with Gasteiger partial charge < -0.3 is 0 Å². The van der Waals surface area contributed by atoms with Gasteiger partial charge in [0.1, 0.15) is 0 Å². The maximum atomic E-state index is 4.75. The van der Waals surface area contributed by atoms with Crippen LogP contribution in [0.3, 0.4) is 0 Å². The molecular weight excluding hydrogens is 350 g/mol. The van der Waals surface area contributed by atoms with Crippen molar-refractivity contribution in [1.29, 1.82) is 0 Å². The van der Waals surface area contributed by atoms with Gasteiger partial charge in [-0.25, -0.2) is 14.6 Å². The fraction of sp³-hybridized carbons (Fsp3) is 0.143. The summed E-state index contributed by atoms with van der Waals surface area (Å²) in [6.07, 6.45) is 6.10. The molecule has 5 rings (SSSR count). The van der Waals surface area contributed by atoms with Crippen molar-refractivity contribution < 1.29 is 0 Å². The van der Waals surface area contributed by atoms with E-state index in [4.69, 9.17) is 4.98 Å². The number of aryl methyl sites for hydroxylation is 1. The predicted molar refractivity (Wildman–Crippen MR) is 106 cm³/mol. The van der Waals surface area contributed by atoms with Crippen LogP contribution in [-0.4, -0.2) is 34.9 Å². The average molecular weight is 367 g/mol. The monoisotopic (exact) mass is 367 g/mol. The minimum atomic E-state index is 0.549. The van der Waals surface area contributed by atoms with Crippen molar-refractivity contribution in [1.82, 2.24) is 34.9 Å². The van der Waals surface area contributed by atoms with E-state index in [-0.39, 0.29) is 0 Å². The topological polar surface area (TPSA) is 82.3 Å². The summed E-state index contributed by atoms with van der Waals surface area (Å²) in [5, 5.41) is 9.50. The smallest absolute Gasteiger partial charge is 0.221 e. The Morgan fingerprint density at radius 3 is 2.75 bits per heavy atom. The van der Waals surface area contributed by atoms with Crippen LogP contribution in [0.1, 0.15) is 22.5 Å². The zero-order valence-corrected chi connectivity index (χ0v) is 15.3. The molecule has 7 nitrogen and oxygen atoms in total. The van der Waals surface area contributed by atoms with Crippen LogP contribution in [0.4, 0.5) is 0 Å². The Hall–Kier alpha value is -3.74. The molecule has 0 unspecified atom stereocenters. The minimum absolute atomic E-state index is 0.549. The Morgan fingerprint density at radius 2 is 1.86 bits per heavy atom. The van der Waals surface area contributed by atoms with Gasteiger partial charge in [0, 0.05) is 29.9 Å². The Bertz CT molecular complexity index is 1280. The zero-order chi connectivity index (χ0) is 18.9. The lowest BCUT2D eigenvalue weighted by atomic mass is 10.1. The number of fused-ring (bicyclic) bond motifs is 2. The van der Waals surface area contributed by atoms with E-state index in [0.717, 1.165) is 33.4 Å². The first-order chi connectivity index (χ1) is 13.7. The third kappa shape index (κ3) is 3.18. The second-order valence-electron chi connectivity index (χ2n) is 6.77. The van der Waals surface area contributed by atoms with Gasteiger partial charge in [-0.05, 0) is 42.3 Å². The summed E-state index contributed by atoms with van der Waals surface area (Å²) in [6, 6.07) is 14.2. The molecule has 0 amide bonds. The van der Waals surface area contributed by atoms with E-state index in [0.29, 0.717) is 24.3 Å². The number of benzene rings is 1. The molecule has 28 heavy (non-hydrogen) atoms. The van der Waals surface area contributed by atoms with Crippen molar-refractivity contribution in [3.63, 3.8) is 0 Å². The quantitative estimate of drug-likeness (QED) is 0.485. The van der Waals surface area contributed by atoms with Gasteiger partial charge >= 0.3 is 0 Å². The Kier molecular flexibility index (Phi) is 3.97. The second kappa shape index (κ2) is 6.77. The third-order valence-electron chi connectivity index (χ3n) is 4.63.